The van der Waals surface area contributed by atoms with E-state index in [4.69, 9.17) is 14.2 Å². The van der Waals surface area contributed by atoms with Crippen molar-refractivity contribution in [2.24, 2.45) is 5.92 Å². The molecule has 1 aliphatic carbocycles. The van der Waals surface area contributed by atoms with Gasteiger partial charge in [0.15, 0.2) is 6.61 Å². The van der Waals surface area contributed by atoms with E-state index in [0.717, 1.165) is 12.8 Å². The maximum absolute atomic E-state index is 11.7. The number of amides is 1. The molecule has 1 unspecified atom stereocenters. The second-order valence-corrected chi connectivity index (χ2v) is 7.18. The van der Waals surface area contributed by atoms with Gasteiger partial charge in [0.05, 0.1) is 6.61 Å². The first-order chi connectivity index (χ1) is 11.8. The average Bonchev–Trinajstić information content (AvgIpc) is 2.91. The molecule has 1 N–H and O–H groups in total. The summed E-state index contributed by atoms with van der Waals surface area (Å²) in [4.78, 5) is 23.1. The molecule has 1 aromatic carbocycles. The van der Waals surface area contributed by atoms with Crippen molar-refractivity contribution in [1.82, 2.24) is 5.32 Å². The van der Waals surface area contributed by atoms with Gasteiger partial charge in [-0.05, 0) is 69.7 Å². The Kier molecular flexibility index (Phi) is 6.28. The zero-order valence-corrected chi connectivity index (χ0v) is 15.4. The van der Waals surface area contributed by atoms with Crippen molar-refractivity contribution in [2.45, 2.75) is 46.1 Å². The number of fused-ring (bicyclic) bond motifs is 1. The third-order valence-electron chi connectivity index (χ3n) is 3.79. The van der Waals surface area contributed by atoms with E-state index in [2.05, 4.69) is 5.32 Å². The topological polar surface area (TPSA) is 73.9 Å². The molecule has 0 spiro atoms. The fourth-order valence-electron chi connectivity index (χ4n) is 2.81. The molecule has 6 heteroatoms. The molecule has 0 bridgehead atoms. The molecule has 0 heterocycles. The molecule has 0 aromatic heterocycles. The van der Waals surface area contributed by atoms with E-state index in [9.17, 15) is 9.59 Å². The molecule has 0 saturated heterocycles. The highest BCUT2D eigenvalue weighted by Crippen LogP contribution is 2.29. The maximum atomic E-state index is 11.7. The first kappa shape index (κ1) is 19.1. The number of ether oxygens (including phenoxy) is 3. The molecule has 0 fully saturated rings. The Balaban J connectivity index is 1.82. The molecule has 1 aromatic rings. The molecule has 0 radical (unpaired) electrons. The summed E-state index contributed by atoms with van der Waals surface area (Å²) < 4.78 is 15.6. The van der Waals surface area contributed by atoms with Gasteiger partial charge >= 0.3 is 12.1 Å². The first-order valence-corrected chi connectivity index (χ1v) is 8.64. The summed E-state index contributed by atoms with van der Waals surface area (Å²) in [7, 11) is 0. The zero-order chi connectivity index (χ0) is 18.4. The molecule has 1 amide bonds. The second kappa shape index (κ2) is 8.23. The monoisotopic (exact) mass is 349 g/mol. The Morgan fingerprint density at radius 2 is 1.92 bits per heavy atom. The van der Waals surface area contributed by atoms with Gasteiger partial charge in [0, 0.05) is 6.54 Å². The number of hydrogen-bond acceptors (Lipinski definition) is 5. The number of nitrogens with one attached hydrogen (secondary N) is 1. The minimum atomic E-state index is -0.492. The van der Waals surface area contributed by atoms with Crippen molar-refractivity contribution >= 4 is 12.1 Å². The number of hydrogen-bond donors (Lipinski definition) is 1. The molecule has 1 atom stereocenters. The summed E-state index contributed by atoms with van der Waals surface area (Å²) in [6, 6.07) is 5.84. The molecule has 6 nitrogen and oxygen atoms in total. The quantitative estimate of drug-likeness (QED) is 0.800. The van der Waals surface area contributed by atoms with Gasteiger partial charge in [0.25, 0.3) is 0 Å². The summed E-state index contributed by atoms with van der Waals surface area (Å²) in [5.41, 5.74) is 1.95. The largest absolute Gasteiger partial charge is 0.482 e. The van der Waals surface area contributed by atoms with Crippen LogP contribution in [0.1, 0.15) is 38.8 Å². The highest BCUT2D eigenvalue weighted by Gasteiger charge is 2.23. The van der Waals surface area contributed by atoms with Crippen LogP contribution in [0.3, 0.4) is 0 Å². The average molecular weight is 349 g/mol. The Morgan fingerprint density at radius 1 is 1.20 bits per heavy atom. The highest BCUT2D eigenvalue weighted by molar-refractivity contribution is 5.71. The van der Waals surface area contributed by atoms with Crippen LogP contribution in [0, 0.1) is 5.92 Å². The summed E-state index contributed by atoms with van der Waals surface area (Å²) in [5.74, 6) is 0.623. The van der Waals surface area contributed by atoms with Crippen LogP contribution in [0.5, 0.6) is 5.75 Å². The lowest BCUT2D eigenvalue weighted by Gasteiger charge is -2.20. The van der Waals surface area contributed by atoms with Crippen LogP contribution in [0.25, 0.3) is 0 Å². The van der Waals surface area contributed by atoms with Crippen molar-refractivity contribution in [3.05, 3.63) is 29.3 Å². The van der Waals surface area contributed by atoms with Gasteiger partial charge in [-0.1, -0.05) is 6.07 Å². The van der Waals surface area contributed by atoms with Crippen LogP contribution >= 0.6 is 0 Å². The Morgan fingerprint density at radius 3 is 2.60 bits per heavy atom. The highest BCUT2D eigenvalue weighted by atomic mass is 16.6. The lowest BCUT2D eigenvalue weighted by molar-refractivity contribution is -0.145. The van der Waals surface area contributed by atoms with Crippen LogP contribution in [0.2, 0.25) is 0 Å². The standard InChI is InChI=1S/C19H27NO5/c1-5-23-17(21)12-24-16-7-6-14-8-13(9-15(14)10-16)11-20-18(22)25-19(2,3)4/h6-7,10,13H,5,8-9,11-12H2,1-4H3,(H,20,22). The van der Waals surface area contributed by atoms with E-state index < -0.39 is 5.60 Å². The molecule has 138 valence electrons. The molecule has 25 heavy (non-hydrogen) atoms. The van der Waals surface area contributed by atoms with Gasteiger partial charge in [0.1, 0.15) is 11.4 Å². The van der Waals surface area contributed by atoms with Crippen molar-refractivity contribution in [3.8, 4) is 5.75 Å². The van der Waals surface area contributed by atoms with Crippen LogP contribution in [0.15, 0.2) is 18.2 Å². The van der Waals surface area contributed by atoms with Gasteiger partial charge in [-0.15, -0.1) is 0 Å². The Labute approximate surface area is 148 Å². The maximum Gasteiger partial charge on any atom is 0.407 e. The van der Waals surface area contributed by atoms with Gasteiger partial charge in [-0.2, -0.15) is 0 Å². The molecule has 0 saturated carbocycles. The number of benzene rings is 1. The molecule has 2 rings (SSSR count). The van der Waals surface area contributed by atoms with Crippen molar-refractivity contribution < 1.29 is 23.8 Å². The van der Waals surface area contributed by atoms with E-state index in [1.807, 2.05) is 39.0 Å². The van der Waals surface area contributed by atoms with Crippen molar-refractivity contribution in [2.75, 3.05) is 19.8 Å². The second-order valence-electron chi connectivity index (χ2n) is 7.18. The number of esters is 1. The van der Waals surface area contributed by atoms with Gasteiger partial charge in [-0.25, -0.2) is 9.59 Å². The predicted molar refractivity (Wildman–Crippen MR) is 93.7 cm³/mol. The van der Waals surface area contributed by atoms with E-state index in [1.54, 1.807) is 6.92 Å². The van der Waals surface area contributed by atoms with Crippen LogP contribution in [0.4, 0.5) is 4.79 Å². The fraction of sp³-hybridized carbons (Fsp3) is 0.579. The first-order valence-electron chi connectivity index (χ1n) is 8.64. The fourth-order valence-corrected chi connectivity index (χ4v) is 2.81. The molecule has 0 aliphatic heterocycles. The summed E-state index contributed by atoms with van der Waals surface area (Å²) in [6.45, 7) is 8.12. The number of alkyl carbamates (subject to hydrolysis) is 1. The predicted octanol–water partition coefficient (Wildman–Crippen LogP) is 2.87. The smallest absolute Gasteiger partial charge is 0.407 e. The summed E-state index contributed by atoms with van der Waals surface area (Å²) in [6.07, 6.45) is 1.38. The van der Waals surface area contributed by atoms with Crippen LogP contribution in [-0.4, -0.2) is 37.4 Å². The zero-order valence-electron chi connectivity index (χ0n) is 15.4. The van der Waals surface area contributed by atoms with E-state index in [-0.39, 0.29) is 18.7 Å². The van der Waals surface area contributed by atoms with Gasteiger partial charge < -0.3 is 19.5 Å². The number of carbonyl (C=O) groups is 2. The molecule has 1 aliphatic rings. The van der Waals surface area contributed by atoms with Crippen molar-refractivity contribution in [3.63, 3.8) is 0 Å². The van der Waals surface area contributed by atoms with E-state index >= 15 is 0 Å². The van der Waals surface area contributed by atoms with Crippen LogP contribution in [-0.2, 0) is 27.1 Å². The van der Waals surface area contributed by atoms with Crippen LogP contribution < -0.4 is 10.1 Å². The van der Waals surface area contributed by atoms with Gasteiger partial charge in [0.2, 0.25) is 0 Å². The number of carbonyl (C=O) groups excluding carboxylic acids is 2. The van der Waals surface area contributed by atoms with E-state index in [0.29, 0.717) is 24.8 Å². The van der Waals surface area contributed by atoms with Crippen molar-refractivity contribution in [1.29, 1.82) is 0 Å². The molecular formula is C19H27NO5. The summed E-state index contributed by atoms with van der Waals surface area (Å²) in [5, 5.41) is 2.83. The Hall–Kier alpha value is -2.24. The normalized spacial score (nSPS) is 16.1. The minimum Gasteiger partial charge on any atom is -0.482 e. The SMILES string of the molecule is CCOC(=O)COc1ccc2c(c1)CC(CNC(=O)OC(C)(C)C)C2. The van der Waals surface area contributed by atoms with E-state index in [1.165, 1.54) is 11.1 Å². The third-order valence-corrected chi connectivity index (χ3v) is 3.79. The summed E-state index contributed by atoms with van der Waals surface area (Å²) >= 11 is 0. The lowest BCUT2D eigenvalue weighted by Crippen LogP contribution is -2.35. The minimum absolute atomic E-state index is 0.0870. The molecular weight excluding hydrogens is 322 g/mol. The number of rotatable bonds is 6. The van der Waals surface area contributed by atoms with Gasteiger partial charge in [-0.3, -0.25) is 0 Å². The third kappa shape index (κ3) is 6.29. The lowest BCUT2D eigenvalue weighted by atomic mass is 10.1. The Bertz CT molecular complexity index is 621.